The number of fused-ring (bicyclic) bond motifs is 1. The molecule has 4 saturated carbocycles. The zero-order valence-corrected chi connectivity index (χ0v) is 16.7. The van der Waals surface area contributed by atoms with Gasteiger partial charge in [-0.15, -0.1) is 11.6 Å². The van der Waals surface area contributed by atoms with Gasteiger partial charge in [-0.1, -0.05) is 12.1 Å². The molecule has 1 aromatic heterocycles. The summed E-state index contributed by atoms with van der Waals surface area (Å²) >= 11 is 6.80. The molecule has 4 aliphatic rings. The van der Waals surface area contributed by atoms with Crippen LogP contribution < -0.4 is 0 Å². The van der Waals surface area contributed by atoms with E-state index >= 15 is 0 Å². The van der Waals surface area contributed by atoms with E-state index in [9.17, 15) is 15.2 Å². The minimum atomic E-state index is -0.543. The number of hydrogen-bond donors (Lipinski definition) is 2. The largest absolute Gasteiger partial charge is 0.507 e. The van der Waals surface area contributed by atoms with E-state index in [1.807, 2.05) is 30.3 Å². The van der Waals surface area contributed by atoms with Crippen LogP contribution in [0.1, 0.15) is 44.3 Å². The molecule has 0 spiro atoms. The number of allylic oxidation sites excluding steroid dienone is 1. The molecule has 2 aromatic rings. The number of H-pyrrole nitrogens is 1. The van der Waals surface area contributed by atoms with E-state index in [0.29, 0.717) is 23.8 Å². The van der Waals surface area contributed by atoms with Crippen LogP contribution in [0.4, 0.5) is 0 Å². The molecule has 0 saturated heterocycles. The molecule has 2 unspecified atom stereocenters. The van der Waals surface area contributed by atoms with Crippen molar-refractivity contribution in [3.8, 4) is 6.07 Å². The van der Waals surface area contributed by atoms with Crippen molar-refractivity contribution in [3.05, 3.63) is 35.8 Å². The summed E-state index contributed by atoms with van der Waals surface area (Å²) in [6.45, 7) is -0.342. The van der Waals surface area contributed by atoms with E-state index in [1.165, 1.54) is 0 Å². The van der Waals surface area contributed by atoms with Crippen LogP contribution in [0.25, 0.3) is 16.6 Å². The average molecular weight is 412 g/mol. The summed E-state index contributed by atoms with van der Waals surface area (Å²) in [5, 5.41) is 20.0. The molecular weight excluding hydrogens is 390 g/mol. The summed E-state index contributed by atoms with van der Waals surface area (Å²) in [4.78, 5) is 20.1. The number of nitriles is 1. The number of rotatable bonds is 4. The van der Waals surface area contributed by atoms with Crippen molar-refractivity contribution in [2.45, 2.75) is 43.4 Å². The van der Waals surface area contributed by atoms with Crippen molar-refractivity contribution < 1.29 is 14.6 Å². The second-order valence-electron chi connectivity index (χ2n) is 9.00. The Balaban J connectivity index is 1.35. The first-order chi connectivity index (χ1) is 13.9. The number of hydrogen-bond acceptors (Lipinski definition) is 5. The van der Waals surface area contributed by atoms with Gasteiger partial charge in [0.1, 0.15) is 18.2 Å². The summed E-state index contributed by atoms with van der Waals surface area (Å²) in [6, 6.07) is 9.33. The van der Waals surface area contributed by atoms with Crippen molar-refractivity contribution in [2.75, 3.05) is 6.61 Å². The SMILES string of the molecule is N#CC(=C(O)COC(=O)C12CC3CC(CC(Cl)(C3)C1)C2)c1nc2ccccc2[nH]1. The minimum Gasteiger partial charge on any atom is -0.507 e. The molecule has 1 aromatic carbocycles. The van der Waals surface area contributed by atoms with Crippen LogP contribution in [0.5, 0.6) is 0 Å². The van der Waals surface area contributed by atoms with Gasteiger partial charge in [-0.25, -0.2) is 4.98 Å². The zero-order chi connectivity index (χ0) is 20.2. The Morgan fingerprint density at radius 2 is 2.03 bits per heavy atom. The Morgan fingerprint density at radius 1 is 1.31 bits per heavy atom. The third-order valence-corrected chi connectivity index (χ3v) is 7.23. The lowest BCUT2D eigenvalue weighted by Gasteiger charge is -2.58. The van der Waals surface area contributed by atoms with Gasteiger partial charge in [-0.05, 0) is 62.5 Å². The number of aromatic nitrogens is 2. The average Bonchev–Trinajstić information content (AvgIpc) is 3.08. The molecule has 4 aliphatic carbocycles. The van der Waals surface area contributed by atoms with E-state index in [4.69, 9.17) is 16.3 Å². The van der Waals surface area contributed by atoms with Gasteiger partial charge in [0, 0.05) is 4.87 Å². The second-order valence-corrected chi connectivity index (χ2v) is 9.81. The van der Waals surface area contributed by atoms with Crippen molar-refractivity contribution >= 4 is 34.2 Å². The predicted molar refractivity (Wildman–Crippen MR) is 108 cm³/mol. The maximum atomic E-state index is 13.0. The third-order valence-electron chi connectivity index (χ3n) is 6.79. The van der Waals surface area contributed by atoms with Gasteiger partial charge in [0.25, 0.3) is 0 Å². The van der Waals surface area contributed by atoms with Crippen molar-refractivity contribution in [1.29, 1.82) is 5.26 Å². The third kappa shape index (κ3) is 3.08. The number of carbonyl (C=O) groups excluding carboxylic acids is 1. The van der Waals surface area contributed by atoms with Crippen molar-refractivity contribution in [3.63, 3.8) is 0 Å². The van der Waals surface area contributed by atoms with E-state index in [-0.39, 0.29) is 34.6 Å². The molecule has 29 heavy (non-hydrogen) atoms. The number of esters is 1. The molecule has 2 atom stereocenters. The van der Waals surface area contributed by atoms with Crippen LogP contribution in [-0.4, -0.2) is 32.5 Å². The maximum absolute atomic E-state index is 13.0. The van der Waals surface area contributed by atoms with Crippen LogP contribution in [0.2, 0.25) is 0 Å². The molecule has 7 heteroatoms. The van der Waals surface area contributed by atoms with Crippen molar-refractivity contribution in [1.82, 2.24) is 9.97 Å². The Hall–Kier alpha value is -2.52. The molecule has 0 aliphatic heterocycles. The second kappa shape index (κ2) is 6.50. The number of aliphatic hydroxyl groups is 1. The number of para-hydroxylation sites is 2. The Morgan fingerprint density at radius 3 is 2.69 bits per heavy atom. The lowest BCUT2D eigenvalue weighted by Crippen LogP contribution is -2.56. The van der Waals surface area contributed by atoms with Gasteiger partial charge in [-0.2, -0.15) is 5.26 Å². The Bertz CT molecular complexity index is 1020. The smallest absolute Gasteiger partial charge is 0.312 e. The summed E-state index contributed by atoms with van der Waals surface area (Å²) in [5.74, 6) is 0.623. The first-order valence-electron chi connectivity index (χ1n) is 10.0. The highest BCUT2D eigenvalue weighted by Crippen LogP contribution is 2.64. The molecule has 1 heterocycles. The monoisotopic (exact) mass is 411 g/mol. The number of imidazole rings is 1. The summed E-state index contributed by atoms with van der Waals surface area (Å²) < 4.78 is 5.51. The van der Waals surface area contributed by atoms with E-state index in [1.54, 1.807) is 0 Å². The van der Waals surface area contributed by atoms with Crippen molar-refractivity contribution in [2.24, 2.45) is 17.3 Å². The zero-order valence-electron chi connectivity index (χ0n) is 15.9. The Labute approximate surface area is 173 Å². The predicted octanol–water partition coefficient (Wildman–Crippen LogP) is 4.48. The van der Waals surface area contributed by atoms with E-state index in [0.717, 1.165) is 37.6 Å². The number of nitrogens with zero attached hydrogens (tertiary/aromatic N) is 2. The molecule has 4 fully saturated rings. The number of halogens is 1. The standard InChI is InChI=1S/C22H22ClN3O3/c23-22-8-13-5-14(9-22)7-21(6-13,12-22)20(28)29-11-18(27)15(10-24)19-25-16-3-1-2-4-17(16)26-19/h1-4,13-14,27H,5-9,11-12H2,(H,25,26). The first-order valence-corrected chi connectivity index (χ1v) is 10.4. The van der Waals surface area contributed by atoms with Gasteiger partial charge in [0.2, 0.25) is 0 Å². The van der Waals surface area contributed by atoms with Crippen LogP contribution >= 0.6 is 11.6 Å². The van der Waals surface area contributed by atoms with Crippen LogP contribution in [0.15, 0.2) is 30.0 Å². The van der Waals surface area contributed by atoms with Gasteiger partial charge >= 0.3 is 5.97 Å². The number of carbonyl (C=O) groups is 1. The molecular formula is C22H22ClN3O3. The van der Waals surface area contributed by atoms with Gasteiger partial charge in [-0.3, -0.25) is 4.79 Å². The molecule has 150 valence electrons. The number of ether oxygens (including phenoxy) is 1. The van der Waals surface area contributed by atoms with Gasteiger partial charge in [0.05, 0.1) is 16.4 Å². The fourth-order valence-corrected chi connectivity index (χ4v) is 6.77. The normalized spacial score (nSPS) is 33.4. The molecule has 2 N–H and O–H groups in total. The number of benzene rings is 1. The number of alkyl halides is 1. The summed E-state index contributed by atoms with van der Waals surface area (Å²) in [5.41, 5.74) is 0.897. The lowest BCUT2D eigenvalue weighted by atomic mass is 9.49. The quantitative estimate of drug-likeness (QED) is 0.334. The molecule has 6 rings (SSSR count). The highest BCUT2D eigenvalue weighted by molar-refractivity contribution is 6.24. The fraction of sp³-hybridized carbons (Fsp3) is 0.500. The molecule has 0 amide bonds. The van der Waals surface area contributed by atoms with Crippen LogP contribution in [0.3, 0.4) is 0 Å². The van der Waals surface area contributed by atoms with Gasteiger partial charge in [0.15, 0.2) is 11.6 Å². The highest BCUT2D eigenvalue weighted by Gasteiger charge is 2.60. The minimum absolute atomic E-state index is 0.0201. The topological polar surface area (TPSA) is 99.0 Å². The van der Waals surface area contributed by atoms with Crippen LogP contribution in [-0.2, 0) is 9.53 Å². The molecule has 0 radical (unpaired) electrons. The number of nitrogens with one attached hydrogen (secondary N) is 1. The number of aromatic amines is 1. The summed E-state index contributed by atoms with van der Waals surface area (Å²) in [6.07, 6.45) is 5.39. The summed E-state index contributed by atoms with van der Waals surface area (Å²) in [7, 11) is 0. The van der Waals surface area contributed by atoms with Crippen LogP contribution in [0, 0.1) is 28.6 Å². The maximum Gasteiger partial charge on any atom is 0.312 e. The lowest BCUT2D eigenvalue weighted by molar-refractivity contribution is -0.169. The fourth-order valence-electron chi connectivity index (χ4n) is 6.07. The van der Waals surface area contributed by atoms with Gasteiger partial charge < -0.3 is 14.8 Å². The number of aliphatic hydroxyl groups excluding tert-OH is 1. The van der Waals surface area contributed by atoms with E-state index < -0.39 is 5.41 Å². The molecule has 4 bridgehead atoms. The highest BCUT2D eigenvalue weighted by atomic mass is 35.5. The first kappa shape index (κ1) is 18.5. The Kier molecular flexibility index (Phi) is 4.15. The van der Waals surface area contributed by atoms with E-state index in [2.05, 4.69) is 9.97 Å². The molecule has 6 nitrogen and oxygen atoms in total.